The van der Waals surface area contributed by atoms with Gasteiger partial charge in [-0.25, -0.2) is 18.0 Å². The van der Waals surface area contributed by atoms with Crippen molar-refractivity contribution in [2.24, 2.45) is 11.7 Å². The molecule has 0 bridgehead atoms. The third kappa shape index (κ3) is 3.09. The highest BCUT2D eigenvalue weighted by Gasteiger charge is 2.37. The average molecular weight is 412 g/mol. The number of fused-ring (bicyclic) bond motifs is 1. The summed E-state index contributed by atoms with van der Waals surface area (Å²) in [5.74, 6) is -1.09. The van der Waals surface area contributed by atoms with Crippen LogP contribution in [-0.2, 0) is 0 Å². The number of methoxy groups -OCH3 is 1. The summed E-state index contributed by atoms with van der Waals surface area (Å²) in [6.45, 7) is 1.93. The highest BCUT2D eigenvalue weighted by Crippen LogP contribution is 2.45. The molecule has 1 aliphatic heterocycles. The third-order valence-corrected chi connectivity index (χ3v) is 5.98. The number of nitrogens with one attached hydrogen (secondary N) is 1. The van der Waals surface area contributed by atoms with Gasteiger partial charge in [0.2, 0.25) is 0 Å². The Labute approximate surface area is 164 Å². The number of benzene rings is 1. The van der Waals surface area contributed by atoms with Crippen LogP contribution < -0.4 is 26.6 Å². The molecule has 1 aromatic carbocycles. The van der Waals surface area contributed by atoms with E-state index in [1.165, 1.54) is 18.6 Å². The molecule has 1 saturated heterocycles. The number of ether oxygens (including phenoxy) is 1. The van der Waals surface area contributed by atoms with Gasteiger partial charge in [0, 0.05) is 24.7 Å². The molecule has 2 fully saturated rings. The molecular weight excluding hydrogens is 389 g/mol. The van der Waals surface area contributed by atoms with Crippen LogP contribution in [0.25, 0.3) is 10.9 Å². The molecule has 2 aromatic rings. The smallest absolute Gasteiger partial charge is 0.329 e. The van der Waals surface area contributed by atoms with Gasteiger partial charge in [-0.2, -0.15) is 0 Å². The van der Waals surface area contributed by atoms with Gasteiger partial charge < -0.3 is 15.4 Å². The van der Waals surface area contributed by atoms with Crippen LogP contribution in [0.4, 0.5) is 18.9 Å². The second-order valence-electron chi connectivity index (χ2n) is 7.81. The van der Waals surface area contributed by atoms with E-state index in [0.29, 0.717) is 13.0 Å². The van der Waals surface area contributed by atoms with Gasteiger partial charge in [0.1, 0.15) is 11.2 Å². The third-order valence-electron chi connectivity index (χ3n) is 5.98. The zero-order valence-corrected chi connectivity index (χ0v) is 16.2. The molecule has 2 heterocycles. The van der Waals surface area contributed by atoms with Crippen molar-refractivity contribution in [3.63, 3.8) is 0 Å². The predicted molar refractivity (Wildman–Crippen MR) is 103 cm³/mol. The molecule has 1 aliphatic carbocycles. The quantitative estimate of drug-likeness (QED) is 0.783. The number of nitrogens with two attached hydrogens (primary N) is 1. The molecule has 2 aliphatic rings. The Bertz CT molecular complexity index is 1080. The van der Waals surface area contributed by atoms with Crippen LogP contribution in [0.5, 0.6) is 5.75 Å². The Balaban J connectivity index is 1.94. The summed E-state index contributed by atoms with van der Waals surface area (Å²) in [6.07, 6.45) is -0.741. The lowest BCUT2D eigenvalue weighted by Gasteiger charge is -2.26. The Kier molecular flexibility index (Phi) is 4.84. The van der Waals surface area contributed by atoms with Gasteiger partial charge in [-0.3, -0.25) is 14.3 Å². The van der Waals surface area contributed by atoms with E-state index < -0.39 is 35.5 Å². The van der Waals surface area contributed by atoms with Gasteiger partial charge in [-0.15, -0.1) is 0 Å². The number of aromatic amines is 1. The van der Waals surface area contributed by atoms with Crippen molar-refractivity contribution in [2.45, 2.75) is 44.7 Å². The minimum Gasteiger partial charge on any atom is -0.492 e. The fourth-order valence-electron chi connectivity index (χ4n) is 4.29. The van der Waals surface area contributed by atoms with Crippen molar-refractivity contribution < 1.29 is 17.9 Å². The van der Waals surface area contributed by atoms with Crippen molar-refractivity contribution in [3.8, 4) is 5.75 Å². The van der Waals surface area contributed by atoms with Crippen molar-refractivity contribution >= 4 is 16.6 Å². The number of alkyl halides is 2. The topological polar surface area (TPSA) is 93.3 Å². The van der Waals surface area contributed by atoms with Crippen LogP contribution in [0.1, 0.15) is 30.9 Å². The first-order valence-electron chi connectivity index (χ1n) is 9.59. The number of anilines is 1. The van der Waals surface area contributed by atoms with E-state index >= 15 is 4.39 Å². The minimum absolute atomic E-state index is 0.0645. The van der Waals surface area contributed by atoms with E-state index in [1.54, 1.807) is 4.90 Å². The molecular formula is C19H23F3N4O3. The van der Waals surface area contributed by atoms with Crippen molar-refractivity contribution in [3.05, 3.63) is 32.2 Å². The van der Waals surface area contributed by atoms with Gasteiger partial charge in [-0.1, -0.05) is 0 Å². The Morgan fingerprint density at radius 1 is 1.24 bits per heavy atom. The van der Waals surface area contributed by atoms with Gasteiger partial charge in [0.05, 0.1) is 18.5 Å². The minimum atomic E-state index is -2.66. The molecule has 2 atom stereocenters. The number of H-pyrrole nitrogens is 1. The summed E-state index contributed by atoms with van der Waals surface area (Å²) in [4.78, 5) is 28.9. The number of halogens is 3. The normalized spacial score (nSPS) is 20.7. The fourth-order valence-corrected chi connectivity index (χ4v) is 4.29. The number of nitrogens with zero attached hydrogens (tertiary/aromatic N) is 2. The van der Waals surface area contributed by atoms with E-state index in [-0.39, 0.29) is 40.5 Å². The van der Waals surface area contributed by atoms with Crippen LogP contribution in [0.3, 0.4) is 0 Å². The highest BCUT2D eigenvalue weighted by atomic mass is 19.3. The van der Waals surface area contributed by atoms with Crippen molar-refractivity contribution in [1.82, 2.24) is 9.55 Å². The molecule has 4 rings (SSSR count). The molecule has 7 nitrogen and oxygen atoms in total. The molecule has 0 spiro atoms. The predicted octanol–water partition coefficient (Wildman–Crippen LogP) is 1.90. The maximum atomic E-state index is 15.4. The van der Waals surface area contributed by atoms with Crippen LogP contribution in [0.2, 0.25) is 0 Å². The SMILES string of the molecule is COc1c(N2CCC(C(N)C(F)F)C2)c(F)c(C)c2c(=O)[nH]c(=O)n(C3CC3)c12. The van der Waals surface area contributed by atoms with E-state index in [9.17, 15) is 18.4 Å². The lowest BCUT2D eigenvalue weighted by atomic mass is 10.0. The molecule has 10 heteroatoms. The van der Waals surface area contributed by atoms with Gasteiger partial charge >= 0.3 is 5.69 Å². The van der Waals surface area contributed by atoms with E-state index in [2.05, 4.69) is 4.98 Å². The van der Waals surface area contributed by atoms with E-state index in [1.807, 2.05) is 0 Å². The molecule has 0 amide bonds. The summed E-state index contributed by atoms with van der Waals surface area (Å²) < 4.78 is 48.4. The zero-order valence-electron chi connectivity index (χ0n) is 16.2. The molecule has 1 saturated carbocycles. The van der Waals surface area contributed by atoms with Crippen molar-refractivity contribution in [2.75, 3.05) is 25.1 Å². The lowest BCUT2D eigenvalue weighted by Crippen LogP contribution is -2.38. The first kappa shape index (κ1) is 19.8. The zero-order chi connectivity index (χ0) is 21.0. The Morgan fingerprint density at radius 3 is 2.52 bits per heavy atom. The van der Waals surface area contributed by atoms with E-state index in [0.717, 1.165) is 12.8 Å². The summed E-state index contributed by atoms with van der Waals surface area (Å²) in [6, 6.07) is -1.39. The van der Waals surface area contributed by atoms with Crippen LogP contribution in [-0.4, -0.2) is 42.2 Å². The second kappa shape index (κ2) is 7.08. The average Bonchev–Trinajstić information content (AvgIpc) is 3.39. The van der Waals surface area contributed by atoms with Gasteiger partial charge in [0.15, 0.2) is 11.6 Å². The summed E-state index contributed by atoms with van der Waals surface area (Å²) in [5, 5.41) is 0.0645. The first-order chi connectivity index (χ1) is 13.8. The number of hydrogen-bond donors (Lipinski definition) is 2. The van der Waals surface area contributed by atoms with Crippen LogP contribution >= 0.6 is 0 Å². The van der Waals surface area contributed by atoms with Gasteiger partial charge in [-0.05, 0) is 32.1 Å². The maximum Gasteiger partial charge on any atom is 0.329 e. The monoisotopic (exact) mass is 412 g/mol. The highest BCUT2D eigenvalue weighted by molar-refractivity contribution is 5.93. The summed E-state index contributed by atoms with van der Waals surface area (Å²) in [7, 11) is 1.34. The largest absolute Gasteiger partial charge is 0.492 e. The number of hydrogen-bond acceptors (Lipinski definition) is 5. The Morgan fingerprint density at radius 2 is 1.93 bits per heavy atom. The number of aryl methyl sites for hydroxylation is 1. The molecule has 29 heavy (non-hydrogen) atoms. The lowest BCUT2D eigenvalue weighted by molar-refractivity contribution is 0.0929. The van der Waals surface area contributed by atoms with Gasteiger partial charge in [0.25, 0.3) is 12.0 Å². The standard InChI is InChI=1S/C19H23F3N4O3/c1-8-11-14(26(10-3-4-10)19(28)24-18(11)27)16(29-2)15(12(8)20)25-6-5-9(7-25)13(23)17(21)22/h9-10,13,17H,3-7,23H2,1-2H3,(H,24,27,28). The van der Waals surface area contributed by atoms with Crippen LogP contribution in [0.15, 0.2) is 9.59 Å². The molecule has 158 valence electrons. The molecule has 0 radical (unpaired) electrons. The molecule has 3 N–H and O–H groups in total. The van der Waals surface area contributed by atoms with Crippen LogP contribution in [0, 0.1) is 18.7 Å². The fraction of sp³-hybridized carbons (Fsp3) is 0.579. The number of rotatable bonds is 5. The van der Waals surface area contributed by atoms with Crippen molar-refractivity contribution in [1.29, 1.82) is 0 Å². The maximum absolute atomic E-state index is 15.4. The first-order valence-corrected chi connectivity index (χ1v) is 9.59. The van der Waals surface area contributed by atoms with E-state index in [4.69, 9.17) is 10.5 Å². The summed E-state index contributed by atoms with van der Waals surface area (Å²) in [5.41, 5.74) is 4.79. The number of aromatic nitrogens is 2. The summed E-state index contributed by atoms with van der Waals surface area (Å²) >= 11 is 0. The molecule has 1 aromatic heterocycles. The second-order valence-corrected chi connectivity index (χ2v) is 7.81. The molecule has 2 unspecified atom stereocenters. The Hall–Kier alpha value is -2.49.